The molecule has 0 saturated heterocycles. The van der Waals surface area contributed by atoms with Crippen LogP contribution in [0.5, 0.6) is 0 Å². The number of hydrogen-bond donors (Lipinski definition) is 2. The van der Waals surface area contributed by atoms with Gasteiger partial charge in [0.25, 0.3) is 0 Å². The minimum Gasteiger partial charge on any atom is -0.306 e. The van der Waals surface area contributed by atoms with Crippen LogP contribution in [-0.4, -0.2) is 24.5 Å². The first-order valence-electron chi connectivity index (χ1n) is 7.27. The number of rotatable bonds is 6. The van der Waals surface area contributed by atoms with Crippen LogP contribution in [0.1, 0.15) is 11.8 Å². The second-order valence-corrected chi connectivity index (χ2v) is 8.23. The molecule has 0 radical (unpaired) electrons. The maximum atomic E-state index is 12.2. The normalized spacial score (nSPS) is 12.0. The SMILES string of the molecule is CCc1ccc(S(=O)(=O)NCCn2c(=O)[nH]c3ccccc32)s1. The monoisotopic (exact) mass is 351 g/mol. The highest BCUT2D eigenvalue weighted by atomic mass is 32.2. The van der Waals surface area contributed by atoms with E-state index in [0.29, 0.717) is 4.21 Å². The molecule has 23 heavy (non-hydrogen) atoms. The average molecular weight is 351 g/mol. The first-order chi connectivity index (χ1) is 11.0. The summed E-state index contributed by atoms with van der Waals surface area (Å²) in [6.45, 7) is 2.41. The maximum absolute atomic E-state index is 12.2. The van der Waals surface area contributed by atoms with Gasteiger partial charge in [0, 0.05) is 18.0 Å². The van der Waals surface area contributed by atoms with E-state index < -0.39 is 10.0 Å². The molecular formula is C15H17N3O3S2. The van der Waals surface area contributed by atoms with Crippen molar-refractivity contribution in [2.75, 3.05) is 6.54 Å². The molecule has 2 aromatic heterocycles. The van der Waals surface area contributed by atoms with Gasteiger partial charge in [-0.1, -0.05) is 19.1 Å². The fourth-order valence-electron chi connectivity index (χ4n) is 2.38. The van der Waals surface area contributed by atoms with Crippen LogP contribution in [-0.2, 0) is 23.0 Å². The van der Waals surface area contributed by atoms with Crippen molar-refractivity contribution in [3.8, 4) is 0 Å². The van der Waals surface area contributed by atoms with Crippen molar-refractivity contribution in [1.82, 2.24) is 14.3 Å². The molecule has 6 nitrogen and oxygen atoms in total. The second-order valence-electron chi connectivity index (χ2n) is 5.07. The van der Waals surface area contributed by atoms with Crippen LogP contribution in [0.15, 0.2) is 45.4 Å². The van der Waals surface area contributed by atoms with Gasteiger partial charge < -0.3 is 4.98 Å². The van der Waals surface area contributed by atoms with Gasteiger partial charge in [0.15, 0.2) is 0 Å². The van der Waals surface area contributed by atoms with Crippen molar-refractivity contribution in [1.29, 1.82) is 0 Å². The van der Waals surface area contributed by atoms with E-state index in [1.165, 1.54) is 15.9 Å². The fourth-order valence-corrected chi connectivity index (χ4v) is 4.75. The van der Waals surface area contributed by atoms with E-state index in [0.717, 1.165) is 22.3 Å². The van der Waals surface area contributed by atoms with E-state index in [4.69, 9.17) is 0 Å². The lowest BCUT2D eigenvalue weighted by molar-refractivity contribution is 0.574. The number of imidazole rings is 1. The number of H-pyrrole nitrogens is 1. The molecule has 2 heterocycles. The molecule has 0 saturated carbocycles. The highest BCUT2D eigenvalue weighted by Crippen LogP contribution is 2.21. The fraction of sp³-hybridized carbons (Fsp3) is 0.267. The summed E-state index contributed by atoms with van der Waals surface area (Å²) >= 11 is 1.27. The molecule has 0 atom stereocenters. The summed E-state index contributed by atoms with van der Waals surface area (Å²) in [6, 6.07) is 10.8. The van der Waals surface area contributed by atoms with Gasteiger partial charge in [-0.25, -0.2) is 17.9 Å². The lowest BCUT2D eigenvalue weighted by Crippen LogP contribution is -2.29. The van der Waals surface area contributed by atoms with Crippen molar-refractivity contribution in [2.24, 2.45) is 0 Å². The van der Waals surface area contributed by atoms with E-state index in [9.17, 15) is 13.2 Å². The van der Waals surface area contributed by atoms with E-state index in [1.54, 1.807) is 6.07 Å². The Labute approximate surface area is 137 Å². The first-order valence-corrected chi connectivity index (χ1v) is 9.57. The van der Waals surface area contributed by atoms with Gasteiger partial charge in [-0.15, -0.1) is 11.3 Å². The van der Waals surface area contributed by atoms with Crippen LogP contribution in [0.2, 0.25) is 0 Å². The van der Waals surface area contributed by atoms with Crippen molar-refractivity contribution < 1.29 is 8.42 Å². The van der Waals surface area contributed by atoms with Crippen molar-refractivity contribution >= 4 is 32.4 Å². The van der Waals surface area contributed by atoms with Gasteiger partial charge in [0.2, 0.25) is 10.0 Å². The van der Waals surface area contributed by atoms with Gasteiger partial charge in [0.05, 0.1) is 11.0 Å². The number of sulfonamides is 1. The predicted molar refractivity (Wildman–Crippen MR) is 91.4 cm³/mol. The summed E-state index contributed by atoms with van der Waals surface area (Å²) in [6.07, 6.45) is 0.810. The van der Waals surface area contributed by atoms with Gasteiger partial charge in [0.1, 0.15) is 4.21 Å². The number of aromatic nitrogens is 2. The van der Waals surface area contributed by atoms with Crippen LogP contribution < -0.4 is 10.4 Å². The Morgan fingerprint density at radius 3 is 2.74 bits per heavy atom. The van der Waals surface area contributed by atoms with Gasteiger partial charge in [-0.05, 0) is 30.7 Å². The Balaban J connectivity index is 1.73. The number of thiophene rings is 1. The van der Waals surface area contributed by atoms with Gasteiger partial charge in [-0.3, -0.25) is 4.57 Å². The molecule has 3 aromatic rings. The van der Waals surface area contributed by atoms with Crippen LogP contribution in [0.3, 0.4) is 0 Å². The number of benzene rings is 1. The number of para-hydroxylation sites is 2. The zero-order valence-electron chi connectivity index (χ0n) is 12.6. The molecule has 0 aliphatic rings. The molecule has 0 fully saturated rings. The molecule has 1 aromatic carbocycles. The lowest BCUT2D eigenvalue weighted by atomic mass is 10.3. The molecule has 0 aliphatic carbocycles. The van der Waals surface area contributed by atoms with Crippen LogP contribution >= 0.6 is 11.3 Å². The third-order valence-electron chi connectivity index (χ3n) is 3.56. The summed E-state index contributed by atoms with van der Waals surface area (Å²) in [5.41, 5.74) is 1.27. The molecule has 0 aliphatic heterocycles. The summed E-state index contributed by atoms with van der Waals surface area (Å²) in [5.74, 6) is 0. The molecule has 0 spiro atoms. The maximum Gasteiger partial charge on any atom is 0.326 e. The summed E-state index contributed by atoms with van der Waals surface area (Å²) in [4.78, 5) is 15.7. The smallest absolute Gasteiger partial charge is 0.306 e. The minimum atomic E-state index is -3.53. The summed E-state index contributed by atoms with van der Waals surface area (Å²) < 4.78 is 28.9. The Hall–Kier alpha value is -1.90. The van der Waals surface area contributed by atoms with E-state index in [1.807, 2.05) is 37.3 Å². The second kappa shape index (κ2) is 6.31. The quantitative estimate of drug-likeness (QED) is 0.712. The number of aromatic amines is 1. The predicted octanol–water partition coefficient (Wildman–Crippen LogP) is 1.93. The molecule has 0 bridgehead atoms. The van der Waals surface area contributed by atoms with Gasteiger partial charge >= 0.3 is 5.69 Å². The minimum absolute atomic E-state index is 0.156. The summed E-state index contributed by atoms with van der Waals surface area (Å²) in [7, 11) is -3.53. The third kappa shape index (κ3) is 3.24. The van der Waals surface area contributed by atoms with E-state index >= 15 is 0 Å². The van der Waals surface area contributed by atoms with Gasteiger partial charge in [-0.2, -0.15) is 0 Å². The number of nitrogens with one attached hydrogen (secondary N) is 2. The molecular weight excluding hydrogens is 334 g/mol. The highest BCUT2D eigenvalue weighted by Gasteiger charge is 2.16. The number of hydrogen-bond acceptors (Lipinski definition) is 4. The van der Waals surface area contributed by atoms with E-state index in [2.05, 4.69) is 9.71 Å². The van der Waals surface area contributed by atoms with Crippen molar-refractivity contribution in [2.45, 2.75) is 24.1 Å². The van der Waals surface area contributed by atoms with Crippen LogP contribution in [0.4, 0.5) is 0 Å². The highest BCUT2D eigenvalue weighted by molar-refractivity contribution is 7.91. The lowest BCUT2D eigenvalue weighted by Gasteiger charge is -2.06. The standard InChI is InChI=1S/C15H17N3O3S2/c1-2-11-7-8-14(22-11)23(20,21)16-9-10-18-13-6-4-3-5-12(13)17-15(18)19/h3-8,16H,2,9-10H2,1H3,(H,17,19). The number of nitrogens with zero attached hydrogens (tertiary/aromatic N) is 1. The van der Waals surface area contributed by atoms with Crippen LogP contribution in [0, 0.1) is 0 Å². The first kappa shape index (κ1) is 16.0. The zero-order chi connectivity index (χ0) is 16.4. The molecule has 8 heteroatoms. The molecule has 2 N–H and O–H groups in total. The average Bonchev–Trinajstić information content (AvgIpc) is 3.13. The Kier molecular flexibility index (Phi) is 4.38. The zero-order valence-corrected chi connectivity index (χ0v) is 14.2. The number of fused-ring (bicyclic) bond motifs is 1. The molecule has 0 amide bonds. The topological polar surface area (TPSA) is 84.0 Å². The molecule has 122 valence electrons. The summed E-state index contributed by atoms with van der Waals surface area (Å²) in [5, 5.41) is 0. The van der Waals surface area contributed by atoms with Crippen LogP contribution in [0.25, 0.3) is 11.0 Å². The Morgan fingerprint density at radius 1 is 1.22 bits per heavy atom. The Morgan fingerprint density at radius 2 is 2.00 bits per heavy atom. The molecule has 0 unspecified atom stereocenters. The van der Waals surface area contributed by atoms with Crippen molar-refractivity contribution in [3.63, 3.8) is 0 Å². The number of aryl methyl sites for hydroxylation is 1. The Bertz CT molecular complexity index is 983. The van der Waals surface area contributed by atoms with Crippen molar-refractivity contribution in [3.05, 3.63) is 51.8 Å². The third-order valence-corrected chi connectivity index (χ3v) is 6.74. The molecule has 3 rings (SSSR count). The largest absolute Gasteiger partial charge is 0.326 e. The van der Waals surface area contributed by atoms with E-state index in [-0.39, 0.29) is 18.8 Å².